The highest BCUT2D eigenvalue weighted by Gasteiger charge is 2.20. The number of halogens is 3. The summed E-state index contributed by atoms with van der Waals surface area (Å²) in [4.78, 5) is 11.3. The summed E-state index contributed by atoms with van der Waals surface area (Å²) < 4.78 is 5.90. The van der Waals surface area contributed by atoms with Crippen LogP contribution in [0.1, 0.15) is 39.6 Å². The second-order valence-corrected chi connectivity index (χ2v) is 8.44. The van der Waals surface area contributed by atoms with Crippen molar-refractivity contribution in [3.63, 3.8) is 0 Å². The molecule has 0 aromatic heterocycles. The van der Waals surface area contributed by atoms with Crippen LogP contribution in [0.5, 0.6) is 11.5 Å². The minimum absolute atomic E-state index is 0. The molecule has 1 aliphatic carbocycles. The van der Waals surface area contributed by atoms with E-state index in [9.17, 15) is 15.0 Å². The van der Waals surface area contributed by atoms with Gasteiger partial charge < -0.3 is 26.0 Å². The fourth-order valence-corrected chi connectivity index (χ4v) is 4.20. The summed E-state index contributed by atoms with van der Waals surface area (Å²) in [6.07, 6.45) is 2.11. The van der Waals surface area contributed by atoms with Crippen molar-refractivity contribution in [2.24, 2.45) is 0 Å². The Kier molecular flexibility index (Phi) is 10.0. The minimum atomic E-state index is -1.09. The Morgan fingerprint density at radius 2 is 1.82 bits per heavy atom. The fraction of sp³-hybridized carbons (Fsp3) is 0.240. The van der Waals surface area contributed by atoms with Gasteiger partial charge in [0.15, 0.2) is 0 Å². The largest absolute Gasteiger partial charge is 0.478 e. The summed E-state index contributed by atoms with van der Waals surface area (Å²) in [5.41, 5.74) is 9.17. The van der Waals surface area contributed by atoms with Gasteiger partial charge in [-0.05, 0) is 78.4 Å². The molecule has 3 aromatic rings. The smallest absolute Gasteiger partial charge is 0.337 e. The molecule has 182 valence electrons. The van der Waals surface area contributed by atoms with Gasteiger partial charge in [-0.25, -0.2) is 4.79 Å². The Bertz CT molecular complexity index is 1140. The zero-order valence-corrected chi connectivity index (χ0v) is 20.6. The predicted molar refractivity (Wildman–Crippen MR) is 139 cm³/mol. The number of nitrogen functional groups attached to an aromatic ring is 1. The number of carboxylic acids is 1. The van der Waals surface area contributed by atoms with Crippen LogP contribution >= 0.6 is 36.4 Å². The molecule has 0 bridgehead atoms. The fourth-order valence-electron chi connectivity index (χ4n) is 4.00. The van der Waals surface area contributed by atoms with Gasteiger partial charge >= 0.3 is 5.97 Å². The number of fused-ring (bicyclic) bond motifs is 1. The molecule has 2 atom stereocenters. The van der Waals surface area contributed by atoms with E-state index in [-0.39, 0.29) is 42.1 Å². The Hall–Kier alpha value is -2.48. The molecule has 0 aliphatic heterocycles. The molecule has 0 heterocycles. The summed E-state index contributed by atoms with van der Waals surface area (Å²) >= 11 is 6.02. The van der Waals surface area contributed by atoms with Gasteiger partial charge in [0.1, 0.15) is 11.5 Å². The van der Waals surface area contributed by atoms with Gasteiger partial charge in [0.05, 0.1) is 11.7 Å². The number of ether oxygens (including phenoxy) is 1. The van der Waals surface area contributed by atoms with Crippen molar-refractivity contribution in [1.82, 2.24) is 5.32 Å². The zero-order chi connectivity index (χ0) is 22.7. The molecule has 1 aliphatic rings. The highest BCUT2D eigenvalue weighted by Crippen LogP contribution is 2.30. The molecule has 0 spiro atoms. The molecule has 3 aromatic carbocycles. The predicted octanol–water partition coefficient (Wildman–Crippen LogP) is 5.44. The van der Waals surface area contributed by atoms with Crippen LogP contribution in [-0.2, 0) is 12.8 Å². The number of nitrogens with two attached hydrogens (primary N) is 1. The van der Waals surface area contributed by atoms with Gasteiger partial charge in [0.25, 0.3) is 0 Å². The molecule has 0 unspecified atom stereocenters. The molecule has 0 amide bonds. The van der Waals surface area contributed by atoms with Gasteiger partial charge in [-0.3, -0.25) is 0 Å². The summed E-state index contributed by atoms with van der Waals surface area (Å²) in [6.45, 7) is 0.444. The molecule has 9 heteroatoms. The average Bonchev–Trinajstić information content (AvgIpc) is 2.78. The van der Waals surface area contributed by atoms with Crippen molar-refractivity contribution >= 4 is 48.1 Å². The quantitative estimate of drug-likeness (QED) is 0.306. The lowest BCUT2D eigenvalue weighted by molar-refractivity contribution is 0.0697. The van der Waals surface area contributed by atoms with E-state index in [1.54, 1.807) is 18.2 Å². The van der Waals surface area contributed by atoms with Crippen LogP contribution in [0, 0.1) is 0 Å². The zero-order valence-electron chi connectivity index (χ0n) is 18.2. The van der Waals surface area contributed by atoms with Crippen molar-refractivity contribution in [1.29, 1.82) is 0 Å². The van der Waals surface area contributed by atoms with E-state index < -0.39 is 12.1 Å². The van der Waals surface area contributed by atoms with E-state index in [2.05, 4.69) is 11.4 Å². The minimum Gasteiger partial charge on any atom is -0.478 e. The number of nitrogens with one attached hydrogen (secondary N) is 1. The molecule has 4 rings (SSSR count). The van der Waals surface area contributed by atoms with Crippen LogP contribution in [0.2, 0.25) is 5.02 Å². The van der Waals surface area contributed by atoms with E-state index in [0.717, 1.165) is 24.8 Å². The van der Waals surface area contributed by atoms with E-state index >= 15 is 0 Å². The number of hydrogen-bond donors (Lipinski definition) is 4. The second-order valence-electron chi connectivity index (χ2n) is 8.01. The molecule has 0 saturated heterocycles. The topological polar surface area (TPSA) is 105 Å². The number of benzene rings is 3. The maximum atomic E-state index is 11.3. The summed E-state index contributed by atoms with van der Waals surface area (Å²) in [6, 6.07) is 18.1. The van der Waals surface area contributed by atoms with Crippen molar-refractivity contribution < 1.29 is 19.7 Å². The lowest BCUT2D eigenvalue weighted by Crippen LogP contribution is -2.37. The van der Waals surface area contributed by atoms with Crippen LogP contribution in [0.4, 0.5) is 5.69 Å². The first kappa shape index (κ1) is 27.8. The maximum Gasteiger partial charge on any atom is 0.337 e. The summed E-state index contributed by atoms with van der Waals surface area (Å²) in [5.74, 6) is -0.0246. The first-order chi connectivity index (χ1) is 15.4. The monoisotopic (exact) mass is 524 g/mol. The van der Waals surface area contributed by atoms with Crippen LogP contribution in [-0.4, -0.2) is 28.8 Å². The Balaban J connectivity index is 0.00000204. The number of aromatic carboxylic acids is 1. The third kappa shape index (κ3) is 6.78. The first-order valence-corrected chi connectivity index (χ1v) is 10.9. The maximum absolute atomic E-state index is 11.3. The molecule has 34 heavy (non-hydrogen) atoms. The number of aryl methyl sites for hydroxylation is 1. The Morgan fingerprint density at radius 3 is 2.56 bits per heavy atom. The standard InChI is InChI=1S/C25H25ClN2O4.2ClH/c26-18-3-1-2-16(10-18)24(29)14-28-19-6-4-15-5-7-20(12-17(15)11-19)32-21-8-9-23(27)22(13-21)25(30)31;;/h1-3,5,7-10,12-13,19,24,28-29H,4,6,11,14,27H2,(H,30,31);2*1H/t19-,24+;;/m0../s1. The number of aliphatic hydroxyl groups excluding tert-OH is 1. The van der Waals surface area contributed by atoms with Gasteiger partial charge in [0.2, 0.25) is 0 Å². The van der Waals surface area contributed by atoms with Crippen LogP contribution in [0.25, 0.3) is 0 Å². The molecular formula is C25H27Cl3N2O4. The van der Waals surface area contributed by atoms with Gasteiger partial charge in [-0.15, -0.1) is 24.8 Å². The highest BCUT2D eigenvalue weighted by molar-refractivity contribution is 6.30. The third-order valence-electron chi connectivity index (χ3n) is 5.73. The molecule has 0 fully saturated rings. The average molecular weight is 526 g/mol. The number of carbonyl (C=O) groups is 1. The molecular weight excluding hydrogens is 499 g/mol. The van der Waals surface area contributed by atoms with Crippen LogP contribution in [0.15, 0.2) is 60.7 Å². The summed E-state index contributed by atoms with van der Waals surface area (Å²) in [7, 11) is 0. The normalized spacial score (nSPS) is 15.3. The van der Waals surface area contributed by atoms with E-state index in [1.807, 2.05) is 24.3 Å². The first-order valence-electron chi connectivity index (χ1n) is 10.5. The molecule has 6 nitrogen and oxygen atoms in total. The van der Waals surface area contributed by atoms with Crippen molar-refractivity contribution in [2.75, 3.05) is 12.3 Å². The van der Waals surface area contributed by atoms with Crippen molar-refractivity contribution in [2.45, 2.75) is 31.4 Å². The highest BCUT2D eigenvalue weighted by atomic mass is 35.5. The van der Waals surface area contributed by atoms with E-state index in [4.69, 9.17) is 22.1 Å². The van der Waals surface area contributed by atoms with Gasteiger partial charge in [-0.2, -0.15) is 0 Å². The number of carboxylic acid groups (broad SMARTS) is 1. The lowest BCUT2D eigenvalue weighted by Gasteiger charge is -2.27. The van der Waals surface area contributed by atoms with Gasteiger partial charge in [-0.1, -0.05) is 29.8 Å². The third-order valence-corrected chi connectivity index (χ3v) is 5.97. The Morgan fingerprint density at radius 1 is 1.09 bits per heavy atom. The second kappa shape index (κ2) is 12.3. The Labute approximate surface area is 215 Å². The van der Waals surface area contributed by atoms with Gasteiger partial charge in [0, 0.05) is 23.3 Å². The van der Waals surface area contributed by atoms with Crippen molar-refractivity contribution in [3.8, 4) is 11.5 Å². The molecule has 5 N–H and O–H groups in total. The van der Waals surface area contributed by atoms with E-state index in [0.29, 0.717) is 23.1 Å². The van der Waals surface area contributed by atoms with Crippen molar-refractivity contribution in [3.05, 3.63) is 87.9 Å². The number of aliphatic hydroxyl groups is 1. The lowest BCUT2D eigenvalue weighted by atomic mass is 9.88. The number of hydrogen-bond acceptors (Lipinski definition) is 5. The summed E-state index contributed by atoms with van der Waals surface area (Å²) in [5, 5.41) is 23.8. The molecule has 0 radical (unpaired) electrons. The molecule has 0 saturated carbocycles. The van der Waals surface area contributed by atoms with E-state index in [1.165, 1.54) is 23.3 Å². The van der Waals surface area contributed by atoms with Crippen LogP contribution < -0.4 is 15.8 Å². The van der Waals surface area contributed by atoms with Crippen LogP contribution in [0.3, 0.4) is 0 Å². The number of anilines is 1. The SMILES string of the molecule is Cl.Cl.Nc1ccc(Oc2ccc3c(c2)C[C@@H](NC[C@@H](O)c2cccc(Cl)c2)CC3)cc1C(=O)O. The number of rotatable bonds is 7.